The lowest BCUT2D eigenvalue weighted by atomic mass is 10.0. The van der Waals surface area contributed by atoms with Crippen molar-refractivity contribution in [2.75, 3.05) is 7.11 Å². The zero-order chi connectivity index (χ0) is 12.3. The monoisotopic (exact) mass is 232 g/mol. The molecule has 1 aliphatic rings. The summed E-state index contributed by atoms with van der Waals surface area (Å²) in [5.41, 5.74) is 0.550. The Hall–Kier alpha value is -1.64. The van der Waals surface area contributed by atoms with E-state index in [9.17, 15) is 9.59 Å². The molecule has 0 bridgehead atoms. The Bertz CT molecular complexity index is 433. The van der Waals surface area contributed by atoms with Gasteiger partial charge in [-0.2, -0.15) is 0 Å². The highest BCUT2D eigenvalue weighted by molar-refractivity contribution is 6.08. The summed E-state index contributed by atoms with van der Waals surface area (Å²) in [5, 5.41) is 0. The van der Waals surface area contributed by atoms with Crippen LogP contribution in [0.4, 0.5) is 0 Å². The third-order valence-corrected chi connectivity index (χ3v) is 2.96. The van der Waals surface area contributed by atoms with Crippen LogP contribution in [0.3, 0.4) is 0 Å². The quantitative estimate of drug-likeness (QED) is 0.559. The topological polar surface area (TPSA) is 43.4 Å². The molecule has 0 spiro atoms. The Morgan fingerprint density at radius 2 is 2.12 bits per heavy atom. The van der Waals surface area contributed by atoms with Crippen LogP contribution in [-0.2, 0) is 4.79 Å². The molecule has 0 amide bonds. The molecule has 1 fully saturated rings. The van der Waals surface area contributed by atoms with Gasteiger partial charge in [-0.25, -0.2) is 0 Å². The van der Waals surface area contributed by atoms with Crippen molar-refractivity contribution >= 4 is 11.6 Å². The van der Waals surface area contributed by atoms with Crippen molar-refractivity contribution in [2.24, 2.45) is 5.92 Å². The Morgan fingerprint density at radius 3 is 2.76 bits per heavy atom. The van der Waals surface area contributed by atoms with Gasteiger partial charge in [0.25, 0.3) is 0 Å². The summed E-state index contributed by atoms with van der Waals surface area (Å²) in [6.45, 7) is 0. The van der Waals surface area contributed by atoms with Crippen molar-refractivity contribution < 1.29 is 14.3 Å². The van der Waals surface area contributed by atoms with Gasteiger partial charge in [0.05, 0.1) is 13.5 Å². The fraction of sp³-hybridized carbons (Fsp3) is 0.429. The highest BCUT2D eigenvalue weighted by Crippen LogP contribution is 2.33. The number of Topliss-reactive ketones (excluding diaryl/α,β-unsaturated/α-hetero) is 2. The van der Waals surface area contributed by atoms with Crippen LogP contribution in [0.25, 0.3) is 0 Å². The Labute approximate surface area is 101 Å². The highest BCUT2D eigenvalue weighted by atomic mass is 16.5. The van der Waals surface area contributed by atoms with Crippen molar-refractivity contribution in [1.82, 2.24) is 0 Å². The molecule has 90 valence electrons. The molecule has 1 aliphatic carbocycles. The summed E-state index contributed by atoms with van der Waals surface area (Å²) in [6.07, 6.45) is 2.86. The summed E-state index contributed by atoms with van der Waals surface area (Å²) in [5.74, 6) is 1.13. The maximum Gasteiger partial charge on any atom is 0.170 e. The molecule has 0 unspecified atom stereocenters. The van der Waals surface area contributed by atoms with E-state index in [0.29, 0.717) is 23.7 Å². The number of ketones is 2. The second kappa shape index (κ2) is 5.13. The fourth-order valence-corrected chi connectivity index (χ4v) is 1.79. The number of hydrogen-bond donors (Lipinski definition) is 0. The fourth-order valence-electron chi connectivity index (χ4n) is 1.79. The minimum atomic E-state index is -0.116. The first-order valence-electron chi connectivity index (χ1n) is 5.88. The van der Waals surface area contributed by atoms with Gasteiger partial charge in [0.2, 0.25) is 0 Å². The number of ether oxygens (including phenoxy) is 1. The molecule has 3 nitrogen and oxygen atoms in total. The van der Waals surface area contributed by atoms with Crippen LogP contribution in [0.5, 0.6) is 5.75 Å². The smallest absolute Gasteiger partial charge is 0.170 e. The molecule has 1 aromatic rings. The molecule has 0 saturated heterocycles. The molecule has 0 aliphatic heterocycles. The summed E-state index contributed by atoms with van der Waals surface area (Å²) < 4.78 is 5.05. The molecular formula is C14H16O3. The van der Waals surface area contributed by atoms with Crippen LogP contribution in [0.2, 0.25) is 0 Å². The van der Waals surface area contributed by atoms with Gasteiger partial charge in [0.1, 0.15) is 11.5 Å². The second-order valence-corrected chi connectivity index (χ2v) is 4.52. The van der Waals surface area contributed by atoms with Crippen molar-refractivity contribution in [3.05, 3.63) is 29.8 Å². The molecule has 17 heavy (non-hydrogen) atoms. The number of hydrogen-bond acceptors (Lipinski definition) is 3. The lowest BCUT2D eigenvalue weighted by Crippen LogP contribution is -2.08. The summed E-state index contributed by atoms with van der Waals surface area (Å²) in [7, 11) is 1.56. The number of methoxy groups -OCH3 is 1. The molecule has 0 atom stereocenters. The Kier molecular flexibility index (Phi) is 3.57. The van der Waals surface area contributed by atoms with E-state index in [1.54, 1.807) is 31.4 Å². The average Bonchev–Trinajstić information content (AvgIpc) is 3.12. The Morgan fingerprint density at radius 1 is 1.35 bits per heavy atom. The third kappa shape index (κ3) is 3.41. The van der Waals surface area contributed by atoms with Gasteiger partial charge in [-0.1, -0.05) is 12.1 Å². The molecule has 3 heteroatoms. The molecule has 1 aromatic carbocycles. The first-order valence-corrected chi connectivity index (χ1v) is 5.88. The second-order valence-electron chi connectivity index (χ2n) is 4.52. The molecule has 0 radical (unpaired) electrons. The molecule has 2 rings (SSSR count). The molecular weight excluding hydrogens is 216 g/mol. The van der Waals surface area contributed by atoms with Gasteiger partial charge < -0.3 is 4.74 Å². The summed E-state index contributed by atoms with van der Waals surface area (Å²) in [6, 6.07) is 6.93. The van der Waals surface area contributed by atoms with E-state index in [1.165, 1.54) is 0 Å². The van der Waals surface area contributed by atoms with Crippen LogP contribution < -0.4 is 4.74 Å². The van der Waals surface area contributed by atoms with Crippen LogP contribution >= 0.6 is 0 Å². The predicted molar refractivity (Wildman–Crippen MR) is 64.3 cm³/mol. The van der Waals surface area contributed by atoms with Gasteiger partial charge in [0, 0.05) is 12.0 Å². The number of rotatable bonds is 6. The van der Waals surface area contributed by atoms with E-state index in [-0.39, 0.29) is 18.0 Å². The predicted octanol–water partition coefficient (Wildman–Crippen LogP) is 2.64. The Balaban J connectivity index is 1.95. The summed E-state index contributed by atoms with van der Waals surface area (Å²) >= 11 is 0. The standard InChI is InChI=1S/C14H16O3/c1-17-13-4-2-3-11(8-13)14(16)9-12(15)7-10-5-6-10/h2-4,8,10H,5-7,9H2,1H3. The highest BCUT2D eigenvalue weighted by Gasteiger charge is 2.25. The SMILES string of the molecule is COc1cccc(C(=O)CC(=O)CC2CC2)c1. The molecule has 0 aromatic heterocycles. The number of carbonyl (C=O) groups is 2. The average molecular weight is 232 g/mol. The van der Waals surface area contributed by atoms with Crippen molar-refractivity contribution in [2.45, 2.75) is 25.7 Å². The minimum absolute atomic E-state index is 0.0175. The van der Waals surface area contributed by atoms with E-state index in [2.05, 4.69) is 0 Å². The normalized spacial score (nSPS) is 14.4. The first-order chi connectivity index (χ1) is 8.19. The zero-order valence-corrected chi connectivity index (χ0v) is 9.94. The number of benzene rings is 1. The van der Waals surface area contributed by atoms with E-state index in [4.69, 9.17) is 4.74 Å². The minimum Gasteiger partial charge on any atom is -0.497 e. The number of carbonyl (C=O) groups excluding carboxylic acids is 2. The summed E-state index contributed by atoms with van der Waals surface area (Å²) in [4.78, 5) is 23.4. The van der Waals surface area contributed by atoms with Crippen LogP contribution in [0.15, 0.2) is 24.3 Å². The van der Waals surface area contributed by atoms with Gasteiger partial charge in [-0.3, -0.25) is 9.59 Å². The van der Waals surface area contributed by atoms with E-state index >= 15 is 0 Å². The van der Waals surface area contributed by atoms with Gasteiger partial charge >= 0.3 is 0 Å². The van der Waals surface area contributed by atoms with Gasteiger partial charge in [-0.15, -0.1) is 0 Å². The third-order valence-electron chi connectivity index (χ3n) is 2.96. The van der Waals surface area contributed by atoms with Crippen molar-refractivity contribution in [3.63, 3.8) is 0 Å². The van der Waals surface area contributed by atoms with Crippen LogP contribution in [0, 0.1) is 5.92 Å². The van der Waals surface area contributed by atoms with Crippen molar-refractivity contribution in [3.8, 4) is 5.75 Å². The lowest BCUT2D eigenvalue weighted by molar-refractivity contribution is -0.118. The van der Waals surface area contributed by atoms with Crippen molar-refractivity contribution in [1.29, 1.82) is 0 Å². The largest absolute Gasteiger partial charge is 0.497 e. The molecule has 1 saturated carbocycles. The lowest BCUT2D eigenvalue weighted by Gasteiger charge is -2.03. The first kappa shape index (κ1) is 11.8. The van der Waals surface area contributed by atoms with E-state index < -0.39 is 0 Å². The zero-order valence-electron chi connectivity index (χ0n) is 9.94. The molecule has 0 heterocycles. The van der Waals surface area contributed by atoms with Gasteiger partial charge in [-0.05, 0) is 30.9 Å². The van der Waals surface area contributed by atoms with Gasteiger partial charge in [0.15, 0.2) is 5.78 Å². The van der Waals surface area contributed by atoms with Crippen LogP contribution in [0.1, 0.15) is 36.0 Å². The van der Waals surface area contributed by atoms with Crippen LogP contribution in [-0.4, -0.2) is 18.7 Å². The van der Waals surface area contributed by atoms with E-state index in [1.807, 2.05) is 0 Å². The maximum atomic E-state index is 11.8. The molecule has 0 N–H and O–H groups in total. The maximum absolute atomic E-state index is 11.8. The van der Waals surface area contributed by atoms with E-state index in [0.717, 1.165) is 12.8 Å².